The lowest BCUT2D eigenvalue weighted by atomic mass is 9.98. The molecular weight excluding hydrogens is 364 g/mol. The maximum atomic E-state index is 12.7. The van der Waals surface area contributed by atoms with E-state index in [1.807, 2.05) is 13.8 Å². The highest BCUT2D eigenvalue weighted by Gasteiger charge is 2.29. The third kappa shape index (κ3) is 7.65. The maximum absolute atomic E-state index is 12.7. The molecule has 0 radical (unpaired) electrons. The van der Waals surface area contributed by atoms with Crippen molar-refractivity contribution in [3.63, 3.8) is 0 Å². The summed E-state index contributed by atoms with van der Waals surface area (Å²) in [5.41, 5.74) is 12.0. The lowest BCUT2D eigenvalue weighted by Crippen LogP contribution is -2.55. The first-order valence-electron chi connectivity index (χ1n) is 9.56. The highest BCUT2D eigenvalue weighted by molar-refractivity contribution is 5.91. The Hall–Kier alpha value is -2.46. The number of hydrogen-bond donors (Lipinski definition) is 6. The van der Waals surface area contributed by atoms with E-state index in [2.05, 4.69) is 20.6 Å². The van der Waals surface area contributed by atoms with Crippen molar-refractivity contribution in [2.24, 2.45) is 17.4 Å². The zero-order valence-corrected chi connectivity index (χ0v) is 16.5. The lowest BCUT2D eigenvalue weighted by Gasteiger charge is -2.24. The molecule has 0 unspecified atom stereocenters. The Labute approximate surface area is 164 Å². The zero-order valence-electron chi connectivity index (χ0n) is 16.5. The Morgan fingerprint density at radius 1 is 1.21 bits per heavy atom. The first-order chi connectivity index (χ1) is 13.3. The molecule has 28 heavy (non-hydrogen) atoms. The number of unbranched alkanes of at least 4 members (excludes halogenated alkanes) is 1. The maximum Gasteiger partial charge on any atom is 0.326 e. The van der Waals surface area contributed by atoms with Gasteiger partial charge in [0.25, 0.3) is 0 Å². The molecule has 1 aromatic rings. The van der Waals surface area contributed by atoms with Gasteiger partial charge >= 0.3 is 5.97 Å². The smallest absolute Gasteiger partial charge is 0.326 e. The van der Waals surface area contributed by atoms with E-state index in [4.69, 9.17) is 11.5 Å². The number of hydrogen-bond acceptors (Lipinski definition) is 6. The van der Waals surface area contributed by atoms with E-state index in [0.717, 1.165) is 6.42 Å². The van der Waals surface area contributed by atoms with Crippen LogP contribution in [0.5, 0.6) is 0 Å². The Kier molecular flexibility index (Phi) is 10.2. The fourth-order valence-corrected chi connectivity index (χ4v) is 2.63. The Morgan fingerprint density at radius 3 is 2.43 bits per heavy atom. The van der Waals surface area contributed by atoms with Gasteiger partial charge in [-0.1, -0.05) is 20.3 Å². The van der Waals surface area contributed by atoms with Gasteiger partial charge in [-0.25, -0.2) is 9.78 Å². The van der Waals surface area contributed by atoms with Crippen molar-refractivity contribution in [1.82, 2.24) is 20.6 Å². The molecule has 0 saturated heterocycles. The number of nitrogens with one attached hydrogen (secondary N) is 3. The van der Waals surface area contributed by atoms with Crippen LogP contribution in [-0.2, 0) is 20.8 Å². The summed E-state index contributed by atoms with van der Waals surface area (Å²) in [7, 11) is 0. The number of aromatic amines is 1. The van der Waals surface area contributed by atoms with Crippen LogP contribution in [0.1, 0.15) is 45.2 Å². The minimum atomic E-state index is -1.17. The van der Waals surface area contributed by atoms with Gasteiger partial charge in [0.2, 0.25) is 11.8 Å². The van der Waals surface area contributed by atoms with Crippen molar-refractivity contribution < 1.29 is 19.5 Å². The summed E-state index contributed by atoms with van der Waals surface area (Å²) in [6.07, 6.45) is 5.36. The van der Waals surface area contributed by atoms with Crippen LogP contribution in [0.3, 0.4) is 0 Å². The average Bonchev–Trinajstić information content (AvgIpc) is 3.18. The topological polar surface area (TPSA) is 176 Å². The number of rotatable bonds is 13. The van der Waals surface area contributed by atoms with Crippen LogP contribution in [0.2, 0.25) is 0 Å². The van der Waals surface area contributed by atoms with Crippen molar-refractivity contribution in [2.75, 3.05) is 6.54 Å². The number of carbonyl (C=O) groups is 3. The average molecular weight is 396 g/mol. The first kappa shape index (κ1) is 23.6. The molecule has 1 heterocycles. The minimum absolute atomic E-state index is 0.0418. The van der Waals surface area contributed by atoms with Crippen LogP contribution >= 0.6 is 0 Å². The largest absolute Gasteiger partial charge is 0.480 e. The number of carboxylic acids is 1. The van der Waals surface area contributed by atoms with Gasteiger partial charge in [0.1, 0.15) is 12.1 Å². The van der Waals surface area contributed by atoms with Crippen molar-refractivity contribution in [3.8, 4) is 0 Å². The fraction of sp³-hybridized carbons (Fsp3) is 0.667. The third-order valence-corrected chi connectivity index (χ3v) is 4.73. The van der Waals surface area contributed by atoms with Crippen LogP contribution in [0, 0.1) is 5.92 Å². The van der Waals surface area contributed by atoms with E-state index in [9.17, 15) is 19.5 Å². The van der Waals surface area contributed by atoms with Crippen molar-refractivity contribution in [3.05, 3.63) is 18.2 Å². The fourth-order valence-electron chi connectivity index (χ4n) is 2.63. The second-order valence-electron chi connectivity index (χ2n) is 6.94. The van der Waals surface area contributed by atoms with E-state index in [0.29, 0.717) is 31.5 Å². The number of carboxylic acid groups (broad SMARTS) is 1. The predicted molar refractivity (Wildman–Crippen MR) is 104 cm³/mol. The molecule has 2 amide bonds. The summed E-state index contributed by atoms with van der Waals surface area (Å²) in [5.74, 6) is -2.21. The molecule has 0 fully saturated rings. The molecule has 8 N–H and O–H groups in total. The summed E-state index contributed by atoms with van der Waals surface area (Å²) in [6, 6.07) is -2.77. The number of amides is 2. The molecule has 10 heteroatoms. The predicted octanol–water partition coefficient (Wildman–Crippen LogP) is -0.491. The van der Waals surface area contributed by atoms with Crippen LogP contribution in [0.25, 0.3) is 0 Å². The number of carbonyl (C=O) groups excluding carboxylic acids is 2. The molecule has 1 aromatic heterocycles. The highest BCUT2D eigenvalue weighted by atomic mass is 16.4. The lowest BCUT2D eigenvalue weighted by molar-refractivity contribution is -0.142. The van der Waals surface area contributed by atoms with Crippen molar-refractivity contribution in [1.29, 1.82) is 0 Å². The monoisotopic (exact) mass is 396 g/mol. The van der Waals surface area contributed by atoms with Crippen molar-refractivity contribution >= 4 is 17.8 Å². The Bertz CT molecular complexity index is 622. The summed E-state index contributed by atoms with van der Waals surface area (Å²) < 4.78 is 0. The van der Waals surface area contributed by atoms with E-state index in [1.165, 1.54) is 12.5 Å². The molecule has 4 atom stereocenters. The second-order valence-corrected chi connectivity index (χ2v) is 6.94. The SMILES string of the molecule is CC[C@H](C)[C@H](N)C(=O)N[C@@H](CCCCN)C(=O)N[C@@H](Cc1cnc[nH]1)C(=O)O. The first-order valence-corrected chi connectivity index (χ1v) is 9.56. The summed E-state index contributed by atoms with van der Waals surface area (Å²) in [6.45, 7) is 4.25. The summed E-state index contributed by atoms with van der Waals surface area (Å²) in [5, 5.41) is 14.6. The van der Waals surface area contributed by atoms with Gasteiger partial charge in [-0.15, -0.1) is 0 Å². The second kappa shape index (κ2) is 12.1. The van der Waals surface area contributed by atoms with Gasteiger partial charge in [-0.2, -0.15) is 0 Å². The quantitative estimate of drug-likeness (QED) is 0.244. The Balaban J connectivity index is 2.81. The van der Waals surface area contributed by atoms with Gasteiger partial charge in [-0.05, 0) is 31.7 Å². The van der Waals surface area contributed by atoms with Crippen molar-refractivity contribution in [2.45, 2.75) is 64.1 Å². The molecule has 0 aromatic carbocycles. The molecular formula is C18H32N6O4. The van der Waals surface area contributed by atoms with Gasteiger partial charge < -0.3 is 32.2 Å². The van der Waals surface area contributed by atoms with E-state index in [1.54, 1.807) is 0 Å². The number of nitrogens with zero attached hydrogens (tertiary/aromatic N) is 1. The summed E-state index contributed by atoms with van der Waals surface area (Å²) >= 11 is 0. The van der Waals surface area contributed by atoms with Crippen LogP contribution in [0.4, 0.5) is 0 Å². The van der Waals surface area contributed by atoms with Gasteiger partial charge in [0, 0.05) is 18.3 Å². The summed E-state index contributed by atoms with van der Waals surface area (Å²) in [4.78, 5) is 43.3. The third-order valence-electron chi connectivity index (χ3n) is 4.73. The molecule has 0 aliphatic carbocycles. The van der Waals surface area contributed by atoms with Crippen LogP contribution < -0.4 is 22.1 Å². The molecule has 0 aliphatic heterocycles. The van der Waals surface area contributed by atoms with Gasteiger partial charge in [0.15, 0.2) is 0 Å². The highest BCUT2D eigenvalue weighted by Crippen LogP contribution is 2.08. The van der Waals surface area contributed by atoms with Gasteiger partial charge in [-0.3, -0.25) is 9.59 Å². The molecule has 1 rings (SSSR count). The molecule has 0 saturated carbocycles. The molecule has 0 bridgehead atoms. The van der Waals surface area contributed by atoms with Crippen LogP contribution in [-0.4, -0.2) is 57.5 Å². The van der Waals surface area contributed by atoms with E-state index in [-0.39, 0.29) is 12.3 Å². The molecule has 0 spiro atoms. The number of H-pyrrole nitrogens is 1. The Morgan fingerprint density at radius 2 is 1.89 bits per heavy atom. The normalized spacial score (nSPS) is 15.3. The number of imidazole rings is 1. The number of nitrogens with two attached hydrogens (primary N) is 2. The van der Waals surface area contributed by atoms with Gasteiger partial charge in [0.05, 0.1) is 12.4 Å². The molecule has 10 nitrogen and oxygen atoms in total. The number of aromatic nitrogens is 2. The minimum Gasteiger partial charge on any atom is -0.480 e. The van der Waals surface area contributed by atoms with E-state index >= 15 is 0 Å². The molecule has 158 valence electrons. The zero-order chi connectivity index (χ0) is 21.1. The van der Waals surface area contributed by atoms with E-state index < -0.39 is 35.9 Å². The standard InChI is InChI=1S/C18H32N6O4/c1-3-11(2)15(20)17(26)23-13(6-4-5-7-19)16(25)24-14(18(27)28)8-12-9-21-10-22-12/h9-11,13-15H,3-8,19-20H2,1-2H3,(H,21,22)(H,23,26)(H,24,25)(H,27,28)/t11-,13-,14-,15-/m0/s1. The number of aliphatic carboxylic acids is 1. The molecule has 0 aliphatic rings. The van der Waals surface area contributed by atoms with Crippen LogP contribution in [0.15, 0.2) is 12.5 Å².